The van der Waals surface area contributed by atoms with Gasteiger partial charge in [0, 0.05) is 25.0 Å². The molecule has 3 aromatic rings. The molecule has 6 heteroatoms. The van der Waals surface area contributed by atoms with Crippen LogP contribution in [0.3, 0.4) is 0 Å². The maximum atomic E-state index is 5.38. The molecule has 0 saturated carbocycles. The van der Waals surface area contributed by atoms with Gasteiger partial charge in [0.1, 0.15) is 11.5 Å². The largest absolute Gasteiger partial charge is 0.497 e. The van der Waals surface area contributed by atoms with Gasteiger partial charge in [0.05, 0.1) is 19.9 Å². The van der Waals surface area contributed by atoms with Crippen LogP contribution in [0.15, 0.2) is 53.9 Å². The maximum Gasteiger partial charge on any atom is 0.186 e. The molecule has 1 heterocycles. The predicted molar refractivity (Wildman–Crippen MR) is 115 cm³/mol. The number of anilines is 1. The standard InChI is InChI=1S/C22H27N3O2S/c1-24(2)15-19-16-28-22(23-19)25(13-17-7-5-9-20(11-17)26-3)14-18-8-6-10-21(12-18)27-4/h5-12,16H,13-15H2,1-4H3. The van der Waals surface area contributed by atoms with E-state index in [-0.39, 0.29) is 0 Å². The Kier molecular flexibility index (Phi) is 6.90. The monoisotopic (exact) mass is 397 g/mol. The van der Waals surface area contributed by atoms with Crippen molar-refractivity contribution >= 4 is 16.5 Å². The van der Waals surface area contributed by atoms with Crippen molar-refractivity contribution in [3.05, 3.63) is 70.7 Å². The molecule has 0 amide bonds. The Morgan fingerprint density at radius 2 is 1.43 bits per heavy atom. The topological polar surface area (TPSA) is 37.8 Å². The quantitative estimate of drug-likeness (QED) is 0.534. The van der Waals surface area contributed by atoms with Gasteiger partial charge in [-0.05, 0) is 49.5 Å². The van der Waals surface area contributed by atoms with Gasteiger partial charge >= 0.3 is 0 Å². The molecule has 0 aliphatic rings. The molecule has 0 N–H and O–H groups in total. The van der Waals surface area contributed by atoms with Crippen LogP contribution in [0.5, 0.6) is 11.5 Å². The van der Waals surface area contributed by atoms with E-state index in [4.69, 9.17) is 14.5 Å². The van der Waals surface area contributed by atoms with E-state index in [1.54, 1.807) is 25.6 Å². The summed E-state index contributed by atoms with van der Waals surface area (Å²) in [5.74, 6) is 1.73. The average molecular weight is 398 g/mol. The van der Waals surface area contributed by atoms with Crippen molar-refractivity contribution in [3.8, 4) is 11.5 Å². The Balaban J connectivity index is 1.87. The Labute approximate surface area is 171 Å². The molecule has 0 atom stereocenters. The van der Waals surface area contributed by atoms with Crippen LogP contribution in [-0.4, -0.2) is 38.2 Å². The van der Waals surface area contributed by atoms with Crippen LogP contribution >= 0.6 is 11.3 Å². The third-order valence-electron chi connectivity index (χ3n) is 4.30. The van der Waals surface area contributed by atoms with E-state index in [9.17, 15) is 0 Å². The van der Waals surface area contributed by atoms with Gasteiger partial charge in [-0.2, -0.15) is 0 Å². The third kappa shape index (κ3) is 5.47. The van der Waals surface area contributed by atoms with Crippen molar-refractivity contribution in [2.75, 3.05) is 33.2 Å². The molecule has 1 aromatic heterocycles. The number of thiazole rings is 1. The summed E-state index contributed by atoms with van der Waals surface area (Å²) < 4.78 is 10.8. The highest BCUT2D eigenvalue weighted by atomic mass is 32.1. The first-order valence-electron chi connectivity index (χ1n) is 9.17. The number of hydrogen-bond donors (Lipinski definition) is 0. The SMILES string of the molecule is COc1cccc(CN(Cc2cccc(OC)c2)c2nc(CN(C)C)cs2)c1. The van der Waals surface area contributed by atoms with Crippen molar-refractivity contribution < 1.29 is 9.47 Å². The van der Waals surface area contributed by atoms with E-state index < -0.39 is 0 Å². The van der Waals surface area contributed by atoms with Crippen molar-refractivity contribution in [3.63, 3.8) is 0 Å². The highest BCUT2D eigenvalue weighted by molar-refractivity contribution is 7.13. The van der Waals surface area contributed by atoms with Gasteiger partial charge in [0.2, 0.25) is 0 Å². The van der Waals surface area contributed by atoms with E-state index >= 15 is 0 Å². The predicted octanol–water partition coefficient (Wildman–Crippen LogP) is 4.43. The van der Waals surface area contributed by atoms with E-state index in [0.29, 0.717) is 0 Å². The molecule has 0 bridgehead atoms. The zero-order chi connectivity index (χ0) is 19.9. The second-order valence-corrected chi connectivity index (χ2v) is 7.75. The summed E-state index contributed by atoms with van der Waals surface area (Å²) in [5, 5.41) is 3.15. The molecule has 0 aliphatic heterocycles. The molecular formula is C22H27N3O2S. The normalized spacial score (nSPS) is 10.9. The van der Waals surface area contributed by atoms with Gasteiger partial charge in [0.25, 0.3) is 0 Å². The Bertz CT molecular complexity index is 845. The van der Waals surface area contributed by atoms with Gasteiger partial charge in [-0.15, -0.1) is 11.3 Å². The van der Waals surface area contributed by atoms with Gasteiger partial charge < -0.3 is 19.3 Å². The first-order chi connectivity index (χ1) is 13.6. The fraction of sp³-hybridized carbons (Fsp3) is 0.318. The summed E-state index contributed by atoms with van der Waals surface area (Å²) in [6.07, 6.45) is 0. The smallest absolute Gasteiger partial charge is 0.186 e. The molecule has 0 aliphatic carbocycles. The first-order valence-corrected chi connectivity index (χ1v) is 10.1. The molecule has 148 valence electrons. The Morgan fingerprint density at radius 1 is 0.857 bits per heavy atom. The molecule has 5 nitrogen and oxygen atoms in total. The lowest BCUT2D eigenvalue weighted by Gasteiger charge is -2.23. The minimum absolute atomic E-state index is 0.753. The summed E-state index contributed by atoms with van der Waals surface area (Å²) in [7, 11) is 7.51. The number of hydrogen-bond acceptors (Lipinski definition) is 6. The molecule has 0 saturated heterocycles. The molecule has 0 radical (unpaired) electrons. The van der Waals surface area contributed by atoms with Crippen LogP contribution in [0.4, 0.5) is 5.13 Å². The number of ether oxygens (including phenoxy) is 2. The highest BCUT2D eigenvalue weighted by Crippen LogP contribution is 2.27. The lowest BCUT2D eigenvalue weighted by molar-refractivity contribution is 0.398. The zero-order valence-corrected chi connectivity index (χ0v) is 17.7. The average Bonchev–Trinajstić information content (AvgIpc) is 3.15. The second-order valence-electron chi connectivity index (χ2n) is 6.92. The number of aromatic nitrogens is 1. The molecule has 0 fully saturated rings. The second kappa shape index (κ2) is 9.57. The van der Waals surface area contributed by atoms with Gasteiger partial charge in [-0.25, -0.2) is 4.98 Å². The van der Waals surface area contributed by atoms with Gasteiger partial charge in [-0.1, -0.05) is 24.3 Å². The lowest BCUT2D eigenvalue weighted by atomic mass is 10.1. The molecule has 0 spiro atoms. The van der Waals surface area contributed by atoms with Gasteiger partial charge in [-0.3, -0.25) is 0 Å². The van der Waals surface area contributed by atoms with Crippen LogP contribution in [0.1, 0.15) is 16.8 Å². The van der Waals surface area contributed by atoms with Gasteiger partial charge in [0.15, 0.2) is 5.13 Å². The van der Waals surface area contributed by atoms with E-state index in [1.165, 1.54) is 11.1 Å². The number of rotatable bonds is 9. The fourth-order valence-electron chi connectivity index (χ4n) is 3.01. The summed E-state index contributed by atoms with van der Waals surface area (Å²) in [5.41, 5.74) is 3.46. The van der Waals surface area contributed by atoms with Crippen LogP contribution in [0.2, 0.25) is 0 Å². The van der Waals surface area contributed by atoms with Crippen LogP contribution in [-0.2, 0) is 19.6 Å². The molecule has 0 unspecified atom stereocenters. The number of benzene rings is 2. The van der Waals surface area contributed by atoms with E-state index in [0.717, 1.165) is 42.0 Å². The summed E-state index contributed by atoms with van der Waals surface area (Å²) in [6, 6.07) is 16.4. The molecular weight excluding hydrogens is 370 g/mol. The van der Waals surface area contributed by atoms with E-state index in [2.05, 4.69) is 53.5 Å². The molecule has 3 rings (SSSR count). The van der Waals surface area contributed by atoms with E-state index in [1.807, 2.05) is 24.3 Å². The van der Waals surface area contributed by atoms with Crippen LogP contribution in [0.25, 0.3) is 0 Å². The summed E-state index contributed by atoms with van der Waals surface area (Å²) >= 11 is 1.68. The minimum atomic E-state index is 0.753. The van der Waals surface area contributed by atoms with Crippen molar-refractivity contribution in [2.24, 2.45) is 0 Å². The maximum absolute atomic E-state index is 5.38. The Hall–Kier alpha value is -2.57. The Morgan fingerprint density at radius 3 is 1.93 bits per heavy atom. The first kappa shape index (κ1) is 20.2. The number of methoxy groups -OCH3 is 2. The lowest BCUT2D eigenvalue weighted by Crippen LogP contribution is -2.22. The van der Waals surface area contributed by atoms with Crippen molar-refractivity contribution in [1.82, 2.24) is 9.88 Å². The van der Waals surface area contributed by atoms with Crippen LogP contribution in [0, 0.1) is 0 Å². The zero-order valence-electron chi connectivity index (χ0n) is 16.9. The van der Waals surface area contributed by atoms with Crippen molar-refractivity contribution in [1.29, 1.82) is 0 Å². The number of nitrogens with zero attached hydrogens (tertiary/aromatic N) is 3. The summed E-state index contributed by atoms with van der Waals surface area (Å²) in [4.78, 5) is 9.30. The molecule has 2 aromatic carbocycles. The molecule has 28 heavy (non-hydrogen) atoms. The summed E-state index contributed by atoms with van der Waals surface area (Å²) in [6.45, 7) is 2.34. The van der Waals surface area contributed by atoms with Crippen LogP contribution < -0.4 is 14.4 Å². The minimum Gasteiger partial charge on any atom is -0.497 e. The highest BCUT2D eigenvalue weighted by Gasteiger charge is 2.14. The van der Waals surface area contributed by atoms with Crippen molar-refractivity contribution in [2.45, 2.75) is 19.6 Å². The third-order valence-corrected chi connectivity index (χ3v) is 5.25. The fourth-order valence-corrected chi connectivity index (χ4v) is 3.83.